The van der Waals surface area contributed by atoms with Gasteiger partial charge in [-0.25, -0.2) is 0 Å². The van der Waals surface area contributed by atoms with Crippen molar-refractivity contribution in [3.63, 3.8) is 0 Å². The number of aryl methyl sites for hydroxylation is 2. The molecule has 180 valence electrons. The molecule has 2 unspecified atom stereocenters. The van der Waals surface area contributed by atoms with Crippen LogP contribution in [0.3, 0.4) is 0 Å². The molecule has 4 rings (SSSR count). The number of nitrogens with zero attached hydrogens (tertiary/aromatic N) is 1. The fourth-order valence-corrected chi connectivity index (χ4v) is 8.74. The first kappa shape index (κ1) is 24.1. The third-order valence-electron chi connectivity index (χ3n) is 8.03. The monoisotopic (exact) mass is 473 g/mol. The molecule has 3 N–H and O–H groups in total. The Morgan fingerprint density at radius 1 is 1.21 bits per heavy atom. The second kappa shape index (κ2) is 8.31. The molecule has 1 aromatic rings. The van der Waals surface area contributed by atoms with E-state index in [0.717, 1.165) is 23.2 Å². The van der Waals surface area contributed by atoms with Gasteiger partial charge < -0.3 is 20.6 Å². The summed E-state index contributed by atoms with van der Waals surface area (Å²) < 4.78 is -1.08. The van der Waals surface area contributed by atoms with E-state index in [1.165, 1.54) is 0 Å². The Bertz CT molecular complexity index is 978. The number of nitrogens with one attached hydrogen (secondary N) is 2. The van der Waals surface area contributed by atoms with E-state index in [1.54, 1.807) is 23.7 Å². The molecular formula is C25H35N3O4S. The highest BCUT2D eigenvalue weighted by molar-refractivity contribution is 8.02. The molecule has 8 heteroatoms. The van der Waals surface area contributed by atoms with Crippen LogP contribution in [0.1, 0.15) is 44.7 Å². The van der Waals surface area contributed by atoms with E-state index in [0.29, 0.717) is 6.42 Å². The van der Waals surface area contributed by atoms with Crippen LogP contribution in [0.2, 0.25) is 0 Å². The van der Waals surface area contributed by atoms with Crippen LogP contribution in [0.5, 0.6) is 0 Å². The van der Waals surface area contributed by atoms with Crippen molar-refractivity contribution in [2.45, 2.75) is 69.0 Å². The first-order valence-electron chi connectivity index (χ1n) is 11.7. The van der Waals surface area contributed by atoms with Crippen LogP contribution in [0.4, 0.5) is 5.69 Å². The summed E-state index contributed by atoms with van der Waals surface area (Å²) in [7, 11) is 1.60. The summed E-state index contributed by atoms with van der Waals surface area (Å²) in [5, 5.41) is 16.1. The number of carbonyl (C=O) groups excluding carboxylic acids is 3. The van der Waals surface area contributed by atoms with Crippen molar-refractivity contribution in [2.75, 3.05) is 19.0 Å². The minimum absolute atomic E-state index is 0.0408. The van der Waals surface area contributed by atoms with Gasteiger partial charge in [0.25, 0.3) is 0 Å². The van der Waals surface area contributed by atoms with E-state index in [9.17, 15) is 19.5 Å². The Hall–Kier alpha value is -2.06. The minimum atomic E-state index is -0.755. The number of amides is 3. The lowest BCUT2D eigenvalue weighted by Crippen LogP contribution is -2.56. The number of thioether (sulfide) groups is 1. The van der Waals surface area contributed by atoms with E-state index >= 15 is 0 Å². The van der Waals surface area contributed by atoms with Crippen molar-refractivity contribution in [1.82, 2.24) is 10.2 Å². The molecule has 33 heavy (non-hydrogen) atoms. The Morgan fingerprint density at radius 2 is 1.85 bits per heavy atom. The molecule has 1 aromatic carbocycles. The molecule has 3 fully saturated rings. The molecule has 2 bridgehead atoms. The van der Waals surface area contributed by atoms with Gasteiger partial charge in [-0.2, -0.15) is 0 Å². The normalized spacial score (nSPS) is 33.4. The van der Waals surface area contributed by atoms with Gasteiger partial charge in [0.05, 0.1) is 29.2 Å². The zero-order chi connectivity index (χ0) is 24.3. The van der Waals surface area contributed by atoms with Crippen molar-refractivity contribution in [1.29, 1.82) is 0 Å². The first-order valence-corrected chi connectivity index (χ1v) is 12.6. The molecule has 1 spiro atoms. The molecule has 0 saturated carbocycles. The van der Waals surface area contributed by atoms with E-state index in [2.05, 4.69) is 17.6 Å². The Kier molecular flexibility index (Phi) is 6.06. The van der Waals surface area contributed by atoms with Crippen LogP contribution in [-0.4, -0.2) is 63.0 Å². The highest BCUT2D eigenvalue weighted by Gasteiger charge is 2.77. The van der Waals surface area contributed by atoms with Crippen molar-refractivity contribution >= 4 is 35.2 Å². The maximum atomic E-state index is 14.0. The van der Waals surface area contributed by atoms with Crippen LogP contribution in [0, 0.1) is 31.6 Å². The van der Waals surface area contributed by atoms with Crippen molar-refractivity contribution in [3.05, 3.63) is 29.3 Å². The topological polar surface area (TPSA) is 98.7 Å². The fourth-order valence-electron chi connectivity index (χ4n) is 6.40. The number of para-hydroxylation sites is 1. The zero-order valence-electron chi connectivity index (χ0n) is 20.3. The summed E-state index contributed by atoms with van der Waals surface area (Å²) >= 11 is 1.64. The van der Waals surface area contributed by atoms with Gasteiger partial charge in [0.2, 0.25) is 17.7 Å². The lowest BCUT2D eigenvalue weighted by Gasteiger charge is -2.38. The van der Waals surface area contributed by atoms with Crippen LogP contribution in [-0.2, 0) is 14.4 Å². The van der Waals surface area contributed by atoms with E-state index < -0.39 is 33.4 Å². The lowest BCUT2D eigenvalue weighted by atomic mass is 9.66. The standard InChI is InChI=1S/C25H35N3O4S/c1-13(2)16(12-29)28-20(22(31)27-19-14(3)8-7-9-15(19)4)25-11-10-24(5,33-25)17(21(30)26-6)18(25)23(28)32/h7-9,13,16-18,20,29H,10-12H2,1-6H3,(H,26,30)(H,27,31)/t16-,17-,18-,20?,24+,25?/m0/s1. The predicted molar refractivity (Wildman–Crippen MR) is 130 cm³/mol. The number of hydrogen-bond donors (Lipinski definition) is 3. The molecule has 3 saturated heterocycles. The van der Waals surface area contributed by atoms with Crippen molar-refractivity contribution < 1.29 is 19.5 Å². The fraction of sp³-hybridized carbons (Fsp3) is 0.640. The predicted octanol–water partition coefficient (Wildman–Crippen LogP) is 2.49. The van der Waals surface area contributed by atoms with Gasteiger partial charge in [-0.3, -0.25) is 14.4 Å². The summed E-state index contributed by atoms with van der Waals surface area (Å²) in [6.07, 6.45) is 1.46. The number of anilines is 1. The number of likely N-dealkylation sites (tertiary alicyclic amines) is 1. The van der Waals surface area contributed by atoms with Gasteiger partial charge in [0.15, 0.2) is 0 Å². The van der Waals surface area contributed by atoms with E-state index in [4.69, 9.17) is 0 Å². The average Bonchev–Trinajstić information content (AvgIpc) is 3.32. The van der Waals surface area contributed by atoms with Crippen molar-refractivity contribution in [2.24, 2.45) is 17.8 Å². The van der Waals surface area contributed by atoms with Gasteiger partial charge in [-0.1, -0.05) is 32.0 Å². The molecule has 0 aliphatic carbocycles. The van der Waals surface area contributed by atoms with Crippen molar-refractivity contribution in [3.8, 4) is 0 Å². The molecule has 3 aliphatic rings. The maximum Gasteiger partial charge on any atom is 0.248 e. The van der Waals surface area contributed by atoms with Gasteiger partial charge in [0, 0.05) is 17.5 Å². The number of rotatable bonds is 6. The molecule has 3 amide bonds. The summed E-state index contributed by atoms with van der Waals surface area (Å²) in [5.74, 6) is -1.69. The number of aliphatic hydroxyl groups is 1. The van der Waals surface area contributed by atoms with E-state index in [1.807, 2.05) is 45.9 Å². The second-order valence-electron chi connectivity index (χ2n) is 10.3. The molecule has 6 atom stereocenters. The molecule has 3 heterocycles. The number of hydrogen-bond acceptors (Lipinski definition) is 5. The minimum Gasteiger partial charge on any atom is -0.394 e. The molecule has 7 nitrogen and oxygen atoms in total. The van der Waals surface area contributed by atoms with E-state index in [-0.39, 0.29) is 30.2 Å². The third-order valence-corrected chi connectivity index (χ3v) is 10.0. The Morgan fingerprint density at radius 3 is 2.39 bits per heavy atom. The quantitative estimate of drug-likeness (QED) is 0.590. The maximum absolute atomic E-state index is 14.0. The van der Waals surface area contributed by atoms with Crippen LogP contribution >= 0.6 is 11.8 Å². The van der Waals surface area contributed by atoms with Gasteiger partial charge in [-0.05, 0) is 50.7 Å². The van der Waals surface area contributed by atoms with Crippen LogP contribution < -0.4 is 10.6 Å². The molecule has 3 aliphatic heterocycles. The summed E-state index contributed by atoms with van der Waals surface area (Å²) in [5.41, 5.74) is 2.66. The van der Waals surface area contributed by atoms with Gasteiger partial charge >= 0.3 is 0 Å². The van der Waals surface area contributed by atoms with Crippen LogP contribution in [0.15, 0.2) is 18.2 Å². The number of fused-ring (bicyclic) bond motifs is 1. The summed E-state index contributed by atoms with van der Waals surface area (Å²) in [4.78, 5) is 42.6. The smallest absolute Gasteiger partial charge is 0.248 e. The molecular weight excluding hydrogens is 438 g/mol. The van der Waals surface area contributed by atoms with Crippen LogP contribution in [0.25, 0.3) is 0 Å². The second-order valence-corrected chi connectivity index (χ2v) is 12.2. The SMILES string of the molecule is CNC(=O)[C@@H]1[C@H]2C(=O)N([C@@H](CO)C(C)C)C(C(=O)Nc3c(C)cccc3C)C23CC[C@@]1(C)S3. The number of carbonyl (C=O) groups is 3. The van der Waals surface area contributed by atoms with Gasteiger partial charge in [-0.15, -0.1) is 11.8 Å². The first-order chi connectivity index (χ1) is 15.5. The largest absolute Gasteiger partial charge is 0.394 e. The molecule has 0 aromatic heterocycles. The lowest BCUT2D eigenvalue weighted by molar-refractivity contribution is -0.143. The number of aliphatic hydroxyl groups excluding tert-OH is 1. The highest BCUT2D eigenvalue weighted by atomic mass is 32.2. The number of benzene rings is 1. The summed E-state index contributed by atoms with van der Waals surface area (Å²) in [6.45, 7) is 9.61. The third kappa shape index (κ3) is 3.40. The highest BCUT2D eigenvalue weighted by Crippen LogP contribution is 2.71. The van der Waals surface area contributed by atoms with Gasteiger partial charge in [0.1, 0.15) is 6.04 Å². The summed E-state index contributed by atoms with van der Waals surface area (Å²) in [6, 6.07) is 4.60. The average molecular weight is 474 g/mol. The molecule has 0 radical (unpaired) electrons. The Balaban J connectivity index is 1.82. The Labute approximate surface area is 200 Å². The zero-order valence-corrected chi connectivity index (χ0v) is 21.1.